The molecule has 0 bridgehead atoms. The van der Waals surface area contributed by atoms with Gasteiger partial charge in [-0.15, -0.1) is 0 Å². The van der Waals surface area contributed by atoms with E-state index in [-0.39, 0.29) is 22.8 Å². The van der Waals surface area contributed by atoms with Gasteiger partial charge in [-0.2, -0.15) is 0 Å². The van der Waals surface area contributed by atoms with E-state index in [0.717, 1.165) is 11.1 Å². The zero-order chi connectivity index (χ0) is 22.7. The molecule has 0 radical (unpaired) electrons. The number of hydrogen-bond acceptors (Lipinski definition) is 5. The number of methoxy groups -OCH3 is 1. The molecule has 3 N–H and O–H groups in total. The Hall–Kier alpha value is -3.78. The minimum Gasteiger partial charge on any atom is -0.383 e. The average molecular weight is 433 g/mol. The Balaban J connectivity index is 1.90. The van der Waals surface area contributed by atoms with Gasteiger partial charge in [0.15, 0.2) is 0 Å². The molecule has 0 saturated carbocycles. The first kappa shape index (κ1) is 21.5. The molecule has 8 nitrogen and oxygen atoms in total. The van der Waals surface area contributed by atoms with Crippen molar-refractivity contribution in [3.8, 4) is 0 Å². The van der Waals surface area contributed by atoms with Crippen molar-refractivity contribution >= 4 is 28.4 Å². The fraction of sp³-hybridized carbons (Fsp3) is 0.250. The minimum absolute atomic E-state index is 0.242. The van der Waals surface area contributed by atoms with Gasteiger partial charge in [0.25, 0.3) is 17.1 Å². The molecule has 1 amide bonds. The van der Waals surface area contributed by atoms with E-state index in [9.17, 15) is 9.59 Å². The van der Waals surface area contributed by atoms with E-state index in [1.165, 1.54) is 10.5 Å². The zero-order valence-corrected chi connectivity index (χ0v) is 18.2. The summed E-state index contributed by atoms with van der Waals surface area (Å²) in [6.07, 6.45) is 2.36. The topological polar surface area (TPSA) is 103 Å². The Bertz CT molecular complexity index is 1350. The minimum atomic E-state index is -0.358. The molecule has 0 unspecified atom stereocenters. The second kappa shape index (κ2) is 9.15. The van der Waals surface area contributed by atoms with Crippen molar-refractivity contribution in [1.82, 2.24) is 14.7 Å². The molecule has 164 valence electrons. The molecule has 0 aliphatic rings. The number of rotatable bonds is 7. The van der Waals surface area contributed by atoms with Crippen molar-refractivity contribution in [2.45, 2.75) is 19.9 Å². The monoisotopic (exact) mass is 432 g/mol. The second-order valence-electron chi connectivity index (χ2n) is 7.62. The van der Waals surface area contributed by atoms with Crippen LogP contribution in [0.15, 0.2) is 59.5 Å². The van der Waals surface area contributed by atoms with Crippen LogP contribution in [0.4, 0.5) is 5.82 Å². The van der Waals surface area contributed by atoms with E-state index in [2.05, 4.69) is 5.32 Å². The lowest BCUT2D eigenvalue weighted by Crippen LogP contribution is -2.43. The number of carbonyl (C=O) groups is 1. The summed E-state index contributed by atoms with van der Waals surface area (Å²) < 4.78 is 8.27. The quantitative estimate of drug-likeness (QED) is 0.263. The normalized spacial score (nSPS) is 11.2. The number of carbonyl (C=O) groups excluding carboxylic acids is 1. The zero-order valence-electron chi connectivity index (χ0n) is 18.2. The van der Waals surface area contributed by atoms with Gasteiger partial charge in [0, 0.05) is 31.8 Å². The SMILES string of the molecule is COCCNC(=O)c1cc2c(=O)n3cccc(C)c3nc2[n+](CCc2ccccc2)c1N. The molecule has 32 heavy (non-hydrogen) atoms. The third-order valence-electron chi connectivity index (χ3n) is 5.48. The van der Waals surface area contributed by atoms with Crippen LogP contribution in [0.5, 0.6) is 0 Å². The number of nitrogens with one attached hydrogen (secondary N) is 1. The van der Waals surface area contributed by atoms with Crippen LogP contribution in [-0.4, -0.2) is 35.6 Å². The number of nitrogens with zero attached hydrogens (tertiary/aromatic N) is 3. The van der Waals surface area contributed by atoms with E-state index in [0.29, 0.717) is 42.8 Å². The van der Waals surface area contributed by atoms with Gasteiger partial charge in [0.1, 0.15) is 10.9 Å². The molecule has 0 fully saturated rings. The van der Waals surface area contributed by atoms with Crippen LogP contribution in [0.2, 0.25) is 0 Å². The summed E-state index contributed by atoms with van der Waals surface area (Å²) in [6.45, 7) is 3.09. The molecule has 4 rings (SSSR count). The maximum absolute atomic E-state index is 13.3. The van der Waals surface area contributed by atoms with Gasteiger partial charge in [-0.3, -0.25) is 14.0 Å². The largest absolute Gasteiger partial charge is 0.383 e. The predicted octanol–water partition coefficient (Wildman–Crippen LogP) is 1.64. The first-order valence-corrected chi connectivity index (χ1v) is 10.5. The highest BCUT2D eigenvalue weighted by molar-refractivity contribution is 6.00. The number of nitrogens with two attached hydrogens (primary N) is 1. The van der Waals surface area contributed by atoms with Crippen LogP contribution in [0.1, 0.15) is 21.5 Å². The van der Waals surface area contributed by atoms with Crippen LogP contribution in [0, 0.1) is 6.92 Å². The molecular weight excluding hydrogens is 406 g/mol. The lowest BCUT2D eigenvalue weighted by atomic mass is 10.1. The van der Waals surface area contributed by atoms with E-state index in [1.807, 2.05) is 43.3 Å². The van der Waals surface area contributed by atoms with E-state index in [4.69, 9.17) is 15.5 Å². The Morgan fingerprint density at radius 2 is 2.00 bits per heavy atom. The van der Waals surface area contributed by atoms with Crippen LogP contribution < -0.4 is 21.2 Å². The van der Waals surface area contributed by atoms with Gasteiger partial charge in [0.05, 0.1) is 13.2 Å². The number of anilines is 1. The molecule has 8 heteroatoms. The van der Waals surface area contributed by atoms with Gasteiger partial charge in [-0.25, -0.2) is 4.57 Å². The number of nitrogen functional groups attached to an aromatic ring is 1. The van der Waals surface area contributed by atoms with Crippen LogP contribution in [0.25, 0.3) is 16.7 Å². The number of fused-ring (bicyclic) bond motifs is 2. The lowest BCUT2D eigenvalue weighted by Gasteiger charge is -2.13. The summed E-state index contributed by atoms with van der Waals surface area (Å²) in [5.41, 5.74) is 9.50. The molecule has 3 aromatic heterocycles. The predicted molar refractivity (Wildman–Crippen MR) is 123 cm³/mol. The molecule has 0 aliphatic heterocycles. The van der Waals surface area contributed by atoms with Crippen molar-refractivity contribution in [3.05, 3.63) is 81.8 Å². The van der Waals surface area contributed by atoms with Gasteiger partial charge in [-0.05, 0) is 24.6 Å². The van der Waals surface area contributed by atoms with Crippen molar-refractivity contribution in [2.24, 2.45) is 0 Å². The van der Waals surface area contributed by atoms with Crippen LogP contribution in [-0.2, 0) is 17.7 Å². The van der Waals surface area contributed by atoms with Gasteiger partial charge in [-0.1, -0.05) is 41.4 Å². The average Bonchev–Trinajstić information content (AvgIpc) is 2.80. The maximum Gasteiger partial charge on any atom is 0.278 e. The summed E-state index contributed by atoms with van der Waals surface area (Å²) in [5.74, 6) is -0.0863. The first-order valence-electron chi connectivity index (χ1n) is 10.5. The number of aryl methyl sites for hydroxylation is 3. The maximum atomic E-state index is 13.3. The number of hydrogen-bond donors (Lipinski definition) is 2. The smallest absolute Gasteiger partial charge is 0.278 e. The Kier molecular flexibility index (Phi) is 6.13. The molecule has 0 saturated heterocycles. The fourth-order valence-corrected chi connectivity index (χ4v) is 3.77. The standard InChI is InChI=1S/C24H25N5O3/c1-16-7-6-12-29-21(16)27-22-19(24(29)31)15-18(23(30)26-11-14-32-2)20(25)28(22)13-10-17-8-4-3-5-9-17/h3-9,12,15,25H,10-11,13-14H2,1-2H3,(H,26,30)/p+1. The van der Waals surface area contributed by atoms with E-state index < -0.39 is 0 Å². The van der Waals surface area contributed by atoms with Crippen molar-refractivity contribution in [1.29, 1.82) is 0 Å². The van der Waals surface area contributed by atoms with Crippen molar-refractivity contribution < 1.29 is 14.1 Å². The molecule has 3 heterocycles. The van der Waals surface area contributed by atoms with Crippen LogP contribution >= 0.6 is 0 Å². The first-order chi connectivity index (χ1) is 15.5. The highest BCUT2D eigenvalue weighted by Gasteiger charge is 2.24. The number of ether oxygens (including phenoxy) is 1. The third-order valence-corrected chi connectivity index (χ3v) is 5.48. The van der Waals surface area contributed by atoms with Crippen LogP contribution in [0.3, 0.4) is 0 Å². The lowest BCUT2D eigenvalue weighted by molar-refractivity contribution is -0.658. The Labute approximate surface area is 185 Å². The van der Waals surface area contributed by atoms with Crippen molar-refractivity contribution in [3.63, 3.8) is 0 Å². The summed E-state index contributed by atoms with van der Waals surface area (Å²) in [6, 6.07) is 15.2. The highest BCUT2D eigenvalue weighted by atomic mass is 16.5. The molecule has 0 aliphatic carbocycles. The number of pyridine rings is 2. The van der Waals surface area contributed by atoms with E-state index in [1.54, 1.807) is 23.9 Å². The highest BCUT2D eigenvalue weighted by Crippen LogP contribution is 2.16. The van der Waals surface area contributed by atoms with Gasteiger partial charge in [0.2, 0.25) is 11.5 Å². The number of aromatic nitrogens is 3. The van der Waals surface area contributed by atoms with Crippen molar-refractivity contribution in [2.75, 3.05) is 26.0 Å². The Morgan fingerprint density at radius 1 is 1.22 bits per heavy atom. The molecule has 4 aromatic rings. The number of benzene rings is 1. The summed E-state index contributed by atoms with van der Waals surface area (Å²) in [7, 11) is 1.56. The summed E-state index contributed by atoms with van der Waals surface area (Å²) in [5, 5.41) is 3.13. The second-order valence-corrected chi connectivity index (χ2v) is 7.62. The molecular formula is C24H26N5O3+. The summed E-state index contributed by atoms with van der Waals surface area (Å²) in [4.78, 5) is 31.0. The molecule has 0 atom stereocenters. The summed E-state index contributed by atoms with van der Waals surface area (Å²) >= 11 is 0. The molecule has 1 aromatic carbocycles. The number of amides is 1. The van der Waals surface area contributed by atoms with E-state index >= 15 is 0 Å². The Morgan fingerprint density at radius 3 is 2.75 bits per heavy atom. The molecule has 0 spiro atoms. The van der Waals surface area contributed by atoms with Gasteiger partial charge >= 0.3 is 0 Å². The van der Waals surface area contributed by atoms with Gasteiger partial charge < -0.3 is 15.8 Å². The third kappa shape index (κ3) is 4.04. The fourth-order valence-electron chi connectivity index (χ4n) is 3.77.